The standard InChI is InChI=1S/C16H19F2NO3/c1-22-13-4-2-11(3-5-13)14(20)10-19-15(21)12-6-8-16(17,18)9-7-12/h2-5,12H,6-10H2,1H3,(H,19,21). The highest BCUT2D eigenvalue weighted by atomic mass is 19.3. The molecule has 4 nitrogen and oxygen atoms in total. The maximum atomic E-state index is 13.0. The van der Waals surface area contributed by atoms with E-state index in [-0.39, 0.29) is 43.9 Å². The smallest absolute Gasteiger partial charge is 0.248 e. The summed E-state index contributed by atoms with van der Waals surface area (Å²) in [7, 11) is 1.53. The fourth-order valence-electron chi connectivity index (χ4n) is 2.49. The molecule has 1 aliphatic rings. The molecule has 1 amide bonds. The van der Waals surface area contributed by atoms with Crippen molar-refractivity contribution in [1.82, 2.24) is 5.32 Å². The van der Waals surface area contributed by atoms with Crippen LogP contribution in [0.4, 0.5) is 8.78 Å². The van der Waals surface area contributed by atoms with Crippen molar-refractivity contribution in [3.8, 4) is 5.75 Å². The maximum absolute atomic E-state index is 13.0. The minimum atomic E-state index is -2.66. The van der Waals surface area contributed by atoms with Crippen LogP contribution in [0.15, 0.2) is 24.3 Å². The predicted octanol–water partition coefficient (Wildman–Crippen LogP) is 2.82. The lowest BCUT2D eigenvalue weighted by molar-refractivity contribution is -0.128. The lowest BCUT2D eigenvalue weighted by Crippen LogP contribution is -2.38. The molecule has 1 aliphatic carbocycles. The Morgan fingerprint density at radius 2 is 1.82 bits per heavy atom. The van der Waals surface area contributed by atoms with Crippen LogP contribution in [0.25, 0.3) is 0 Å². The van der Waals surface area contributed by atoms with E-state index in [4.69, 9.17) is 4.74 Å². The van der Waals surface area contributed by atoms with Gasteiger partial charge in [0.2, 0.25) is 11.8 Å². The number of halogens is 2. The number of ketones is 1. The van der Waals surface area contributed by atoms with Gasteiger partial charge in [0.15, 0.2) is 5.78 Å². The Morgan fingerprint density at radius 3 is 2.36 bits per heavy atom. The Labute approximate surface area is 127 Å². The Hall–Kier alpha value is -1.98. The summed E-state index contributed by atoms with van der Waals surface area (Å²) in [5, 5.41) is 2.54. The second-order valence-electron chi connectivity index (χ2n) is 5.50. The number of carbonyl (C=O) groups excluding carboxylic acids is 2. The summed E-state index contributed by atoms with van der Waals surface area (Å²) >= 11 is 0. The molecule has 1 aromatic carbocycles. The SMILES string of the molecule is COc1ccc(C(=O)CNC(=O)C2CCC(F)(F)CC2)cc1. The first-order valence-electron chi connectivity index (χ1n) is 7.24. The molecule has 6 heteroatoms. The molecule has 0 radical (unpaired) electrons. The van der Waals surface area contributed by atoms with Crippen LogP contribution in [-0.2, 0) is 4.79 Å². The van der Waals surface area contributed by atoms with Gasteiger partial charge in [-0.25, -0.2) is 8.78 Å². The van der Waals surface area contributed by atoms with E-state index in [0.29, 0.717) is 11.3 Å². The molecule has 0 bridgehead atoms. The summed E-state index contributed by atoms with van der Waals surface area (Å²) in [5.41, 5.74) is 0.469. The molecular weight excluding hydrogens is 292 g/mol. The summed E-state index contributed by atoms with van der Waals surface area (Å²) in [4.78, 5) is 23.9. The van der Waals surface area contributed by atoms with Crippen molar-refractivity contribution in [3.05, 3.63) is 29.8 Å². The highest BCUT2D eigenvalue weighted by Gasteiger charge is 2.37. The van der Waals surface area contributed by atoms with Crippen LogP contribution < -0.4 is 10.1 Å². The van der Waals surface area contributed by atoms with E-state index in [0.717, 1.165) is 0 Å². The normalized spacial score (nSPS) is 17.8. The number of benzene rings is 1. The molecule has 1 saturated carbocycles. The second-order valence-corrected chi connectivity index (χ2v) is 5.50. The molecule has 1 N–H and O–H groups in total. The first-order valence-corrected chi connectivity index (χ1v) is 7.24. The van der Waals surface area contributed by atoms with Crippen molar-refractivity contribution in [1.29, 1.82) is 0 Å². The number of carbonyl (C=O) groups is 2. The lowest BCUT2D eigenvalue weighted by atomic mass is 9.86. The summed E-state index contributed by atoms with van der Waals surface area (Å²) in [5.74, 6) is -2.99. The molecular formula is C16H19F2NO3. The maximum Gasteiger partial charge on any atom is 0.248 e. The van der Waals surface area contributed by atoms with Gasteiger partial charge in [-0.05, 0) is 37.1 Å². The molecule has 0 unspecified atom stereocenters. The van der Waals surface area contributed by atoms with E-state index in [1.54, 1.807) is 24.3 Å². The van der Waals surface area contributed by atoms with E-state index in [1.165, 1.54) is 7.11 Å². The van der Waals surface area contributed by atoms with Gasteiger partial charge in [0.25, 0.3) is 0 Å². The number of ether oxygens (including phenoxy) is 1. The Morgan fingerprint density at radius 1 is 1.23 bits per heavy atom. The number of nitrogens with one attached hydrogen (secondary N) is 1. The second kappa shape index (κ2) is 6.85. The molecule has 2 rings (SSSR count). The first kappa shape index (κ1) is 16.4. The molecule has 0 aliphatic heterocycles. The number of Topliss-reactive ketones (excluding diaryl/α,β-unsaturated/α-hetero) is 1. The fourth-order valence-corrected chi connectivity index (χ4v) is 2.49. The quantitative estimate of drug-likeness (QED) is 0.851. The Balaban J connectivity index is 1.81. The number of amides is 1. The molecule has 0 atom stereocenters. The molecule has 1 aromatic rings. The van der Waals surface area contributed by atoms with Gasteiger partial charge in [-0.15, -0.1) is 0 Å². The van der Waals surface area contributed by atoms with Crippen LogP contribution in [0.1, 0.15) is 36.0 Å². The van der Waals surface area contributed by atoms with Gasteiger partial charge < -0.3 is 10.1 Å². The summed E-state index contributed by atoms with van der Waals surface area (Å²) in [6.07, 6.45) is -0.208. The molecule has 1 fully saturated rings. The van der Waals surface area contributed by atoms with Gasteiger partial charge in [-0.2, -0.15) is 0 Å². The topological polar surface area (TPSA) is 55.4 Å². The third-order valence-electron chi connectivity index (χ3n) is 3.92. The third-order valence-corrected chi connectivity index (χ3v) is 3.92. The van der Waals surface area contributed by atoms with Crippen molar-refractivity contribution < 1.29 is 23.1 Å². The zero-order chi connectivity index (χ0) is 16.2. The summed E-state index contributed by atoms with van der Waals surface area (Å²) in [6, 6.07) is 6.57. The van der Waals surface area contributed by atoms with E-state index >= 15 is 0 Å². The molecule has 120 valence electrons. The minimum Gasteiger partial charge on any atom is -0.497 e. The van der Waals surface area contributed by atoms with Crippen LogP contribution >= 0.6 is 0 Å². The van der Waals surface area contributed by atoms with Gasteiger partial charge in [-0.1, -0.05) is 0 Å². The van der Waals surface area contributed by atoms with Crippen LogP contribution in [-0.4, -0.2) is 31.3 Å². The molecule has 0 aromatic heterocycles. The average Bonchev–Trinajstić information content (AvgIpc) is 2.52. The summed E-state index contributed by atoms with van der Waals surface area (Å²) < 4.78 is 31.1. The number of hydrogen-bond donors (Lipinski definition) is 1. The summed E-state index contributed by atoms with van der Waals surface area (Å²) in [6.45, 7) is -0.127. The van der Waals surface area contributed by atoms with E-state index in [9.17, 15) is 18.4 Å². The zero-order valence-corrected chi connectivity index (χ0v) is 12.4. The fraction of sp³-hybridized carbons (Fsp3) is 0.500. The molecule has 0 heterocycles. The highest BCUT2D eigenvalue weighted by molar-refractivity contribution is 5.99. The van der Waals surface area contributed by atoms with Crippen LogP contribution in [0.2, 0.25) is 0 Å². The molecule has 22 heavy (non-hydrogen) atoms. The first-order chi connectivity index (χ1) is 10.4. The third kappa shape index (κ3) is 4.26. The zero-order valence-electron chi connectivity index (χ0n) is 12.4. The van der Waals surface area contributed by atoms with Gasteiger partial charge in [0, 0.05) is 24.3 Å². The number of methoxy groups -OCH3 is 1. The van der Waals surface area contributed by atoms with E-state index < -0.39 is 11.8 Å². The van der Waals surface area contributed by atoms with Crippen LogP contribution in [0.5, 0.6) is 5.75 Å². The monoisotopic (exact) mass is 311 g/mol. The Kier molecular flexibility index (Phi) is 5.11. The Bertz CT molecular complexity index is 533. The predicted molar refractivity (Wildman–Crippen MR) is 77.2 cm³/mol. The van der Waals surface area contributed by atoms with E-state index in [1.807, 2.05) is 0 Å². The van der Waals surface area contributed by atoms with Crippen molar-refractivity contribution in [3.63, 3.8) is 0 Å². The highest BCUT2D eigenvalue weighted by Crippen LogP contribution is 2.36. The van der Waals surface area contributed by atoms with Crippen molar-refractivity contribution in [2.45, 2.75) is 31.6 Å². The lowest BCUT2D eigenvalue weighted by Gasteiger charge is -2.27. The van der Waals surface area contributed by atoms with Crippen molar-refractivity contribution >= 4 is 11.7 Å². The largest absolute Gasteiger partial charge is 0.497 e. The van der Waals surface area contributed by atoms with Crippen LogP contribution in [0, 0.1) is 5.92 Å². The number of hydrogen-bond acceptors (Lipinski definition) is 3. The van der Waals surface area contributed by atoms with Gasteiger partial charge >= 0.3 is 0 Å². The minimum absolute atomic E-state index is 0.127. The van der Waals surface area contributed by atoms with Crippen molar-refractivity contribution in [2.75, 3.05) is 13.7 Å². The van der Waals surface area contributed by atoms with Gasteiger partial charge in [0.1, 0.15) is 5.75 Å². The van der Waals surface area contributed by atoms with E-state index in [2.05, 4.69) is 5.32 Å². The molecule has 0 saturated heterocycles. The van der Waals surface area contributed by atoms with Gasteiger partial charge in [-0.3, -0.25) is 9.59 Å². The molecule has 0 spiro atoms. The van der Waals surface area contributed by atoms with Crippen molar-refractivity contribution in [2.24, 2.45) is 5.92 Å². The number of alkyl halides is 2. The van der Waals surface area contributed by atoms with Gasteiger partial charge in [0.05, 0.1) is 13.7 Å². The average molecular weight is 311 g/mol. The number of rotatable bonds is 5. The van der Waals surface area contributed by atoms with Crippen LogP contribution in [0.3, 0.4) is 0 Å².